The average molecular weight is 264 g/mol. The van der Waals surface area contributed by atoms with Gasteiger partial charge in [0.05, 0.1) is 0 Å². The molecule has 1 aromatic heterocycles. The maximum atomic E-state index is 12.0. The van der Waals surface area contributed by atoms with Gasteiger partial charge in [0.2, 0.25) is 11.8 Å². The van der Waals surface area contributed by atoms with Crippen LogP contribution in [0.25, 0.3) is 6.08 Å². The molecular weight excluding hydrogens is 248 g/mol. The highest BCUT2D eigenvalue weighted by atomic mass is 32.1. The Kier molecular flexibility index (Phi) is 3.81. The SMILES string of the molecule is Cc1ccc(C=CC(=O)N2CCNC(=O)C2C)s1. The molecule has 1 aliphatic heterocycles. The third kappa shape index (κ3) is 2.79. The Morgan fingerprint density at radius 3 is 3.00 bits per heavy atom. The fourth-order valence-electron chi connectivity index (χ4n) is 1.88. The van der Waals surface area contributed by atoms with Gasteiger partial charge in [-0.25, -0.2) is 0 Å². The summed E-state index contributed by atoms with van der Waals surface area (Å²) in [7, 11) is 0. The molecule has 0 bridgehead atoms. The molecule has 2 heterocycles. The average Bonchev–Trinajstić information content (AvgIpc) is 2.76. The number of nitrogens with one attached hydrogen (secondary N) is 1. The minimum absolute atomic E-state index is 0.0880. The normalized spacial score (nSPS) is 20.2. The van der Waals surface area contributed by atoms with Crippen LogP contribution in [-0.2, 0) is 9.59 Å². The predicted octanol–water partition coefficient (Wildman–Crippen LogP) is 1.42. The van der Waals surface area contributed by atoms with Crippen LogP contribution in [0.3, 0.4) is 0 Å². The Bertz CT molecular complexity index is 493. The molecule has 0 aliphatic carbocycles. The van der Waals surface area contributed by atoms with E-state index in [0.717, 1.165) is 4.88 Å². The van der Waals surface area contributed by atoms with Crippen LogP contribution >= 0.6 is 11.3 Å². The number of hydrogen-bond acceptors (Lipinski definition) is 3. The second-order valence-corrected chi connectivity index (χ2v) is 5.60. The van der Waals surface area contributed by atoms with Gasteiger partial charge in [-0.15, -0.1) is 11.3 Å². The van der Waals surface area contributed by atoms with Gasteiger partial charge in [0.25, 0.3) is 0 Å². The lowest BCUT2D eigenvalue weighted by Gasteiger charge is -2.31. The zero-order chi connectivity index (χ0) is 13.1. The van der Waals surface area contributed by atoms with Gasteiger partial charge >= 0.3 is 0 Å². The Morgan fingerprint density at radius 1 is 1.56 bits per heavy atom. The fourth-order valence-corrected chi connectivity index (χ4v) is 2.66. The number of rotatable bonds is 2. The summed E-state index contributed by atoms with van der Waals surface area (Å²) in [6, 6.07) is 3.61. The van der Waals surface area contributed by atoms with Crippen molar-refractivity contribution in [3.8, 4) is 0 Å². The second kappa shape index (κ2) is 5.35. The Balaban J connectivity index is 2.03. The molecule has 1 N–H and O–H groups in total. The van der Waals surface area contributed by atoms with Crippen LogP contribution in [0.15, 0.2) is 18.2 Å². The monoisotopic (exact) mass is 264 g/mol. The molecule has 5 heteroatoms. The highest BCUT2D eigenvalue weighted by Gasteiger charge is 2.27. The molecule has 1 atom stereocenters. The first-order valence-corrected chi connectivity index (χ1v) is 6.72. The Hall–Kier alpha value is -1.62. The molecule has 0 saturated carbocycles. The molecular formula is C13H16N2O2S. The summed E-state index contributed by atoms with van der Waals surface area (Å²) in [5.41, 5.74) is 0. The van der Waals surface area contributed by atoms with E-state index >= 15 is 0 Å². The van der Waals surface area contributed by atoms with E-state index in [4.69, 9.17) is 0 Å². The topological polar surface area (TPSA) is 49.4 Å². The first-order chi connectivity index (χ1) is 8.58. The summed E-state index contributed by atoms with van der Waals surface area (Å²) in [6.07, 6.45) is 3.35. The number of nitrogens with zero attached hydrogens (tertiary/aromatic N) is 1. The predicted molar refractivity (Wildman–Crippen MR) is 72.3 cm³/mol. The second-order valence-electron chi connectivity index (χ2n) is 4.28. The minimum atomic E-state index is -0.388. The van der Waals surface area contributed by atoms with E-state index in [9.17, 15) is 9.59 Å². The summed E-state index contributed by atoms with van der Waals surface area (Å²) in [6.45, 7) is 4.87. The van der Waals surface area contributed by atoms with Crippen molar-refractivity contribution in [3.63, 3.8) is 0 Å². The summed E-state index contributed by atoms with van der Waals surface area (Å²) in [5, 5.41) is 2.74. The van der Waals surface area contributed by atoms with Crippen LogP contribution in [0.5, 0.6) is 0 Å². The molecule has 2 amide bonds. The fraction of sp³-hybridized carbons (Fsp3) is 0.385. The van der Waals surface area contributed by atoms with Gasteiger partial charge in [-0.3, -0.25) is 9.59 Å². The zero-order valence-corrected chi connectivity index (χ0v) is 11.3. The highest BCUT2D eigenvalue weighted by molar-refractivity contribution is 7.12. The van der Waals surface area contributed by atoms with Crippen molar-refractivity contribution in [3.05, 3.63) is 28.0 Å². The quantitative estimate of drug-likeness (QED) is 0.821. The summed E-state index contributed by atoms with van der Waals surface area (Å²) in [4.78, 5) is 27.3. The molecule has 0 aromatic carbocycles. The first kappa shape index (κ1) is 12.8. The van der Waals surface area contributed by atoms with Gasteiger partial charge < -0.3 is 10.2 Å². The number of carbonyl (C=O) groups excluding carboxylic acids is 2. The third-order valence-electron chi connectivity index (χ3n) is 2.93. The van der Waals surface area contributed by atoms with Crippen molar-refractivity contribution in [1.29, 1.82) is 0 Å². The largest absolute Gasteiger partial charge is 0.353 e. The molecule has 0 spiro atoms. The van der Waals surface area contributed by atoms with Gasteiger partial charge in [0.15, 0.2) is 0 Å². The lowest BCUT2D eigenvalue weighted by Crippen LogP contribution is -2.55. The standard InChI is InChI=1S/C13H16N2O2S/c1-9-3-4-11(18-9)5-6-12(16)15-8-7-14-13(17)10(15)2/h3-6,10H,7-8H2,1-2H3,(H,14,17). The van der Waals surface area contributed by atoms with Gasteiger partial charge in [0.1, 0.15) is 6.04 Å². The van der Waals surface area contributed by atoms with Crippen LogP contribution in [-0.4, -0.2) is 35.8 Å². The molecule has 1 unspecified atom stereocenters. The molecule has 4 nitrogen and oxygen atoms in total. The number of thiophene rings is 1. The van der Waals surface area contributed by atoms with Crippen LogP contribution in [0, 0.1) is 6.92 Å². The highest BCUT2D eigenvalue weighted by Crippen LogP contribution is 2.16. The van der Waals surface area contributed by atoms with Crippen molar-refractivity contribution in [2.24, 2.45) is 0 Å². The smallest absolute Gasteiger partial charge is 0.247 e. The van der Waals surface area contributed by atoms with Crippen molar-refractivity contribution in [1.82, 2.24) is 10.2 Å². The van der Waals surface area contributed by atoms with Crippen LogP contribution in [0.1, 0.15) is 16.7 Å². The number of carbonyl (C=O) groups is 2. The zero-order valence-electron chi connectivity index (χ0n) is 10.5. The van der Waals surface area contributed by atoms with Gasteiger partial charge in [0, 0.05) is 28.9 Å². The van der Waals surface area contributed by atoms with Crippen LogP contribution < -0.4 is 5.32 Å². The molecule has 2 rings (SSSR count). The maximum absolute atomic E-state index is 12.0. The number of aryl methyl sites for hydroxylation is 1. The van der Waals surface area contributed by atoms with E-state index in [0.29, 0.717) is 13.1 Å². The van der Waals surface area contributed by atoms with Crippen molar-refractivity contribution < 1.29 is 9.59 Å². The molecule has 1 saturated heterocycles. The van der Waals surface area contributed by atoms with E-state index in [1.165, 1.54) is 4.88 Å². The lowest BCUT2D eigenvalue weighted by atomic mass is 10.2. The minimum Gasteiger partial charge on any atom is -0.353 e. The summed E-state index contributed by atoms with van der Waals surface area (Å²) in [5.74, 6) is -0.196. The van der Waals surface area contributed by atoms with E-state index in [1.54, 1.807) is 35.3 Å². The molecule has 0 radical (unpaired) electrons. The van der Waals surface area contributed by atoms with E-state index in [1.807, 2.05) is 19.1 Å². The molecule has 1 aliphatic rings. The lowest BCUT2D eigenvalue weighted by molar-refractivity contribution is -0.139. The van der Waals surface area contributed by atoms with E-state index in [-0.39, 0.29) is 17.9 Å². The summed E-state index contributed by atoms with van der Waals surface area (Å²) >= 11 is 1.64. The molecule has 1 aromatic rings. The van der Waals surface area contributed by atoms with Crippen molar-refractivity contribution >= 4 is 29.2 Å². The Morgan fingerprint density at radius 2 is 2.33 bits per heavy atom. The third-order valence-corrected chi connectivity index (χ3v) is 3.90. The van der Waals surface area contributed by atoms with Crippen LogP contribution in [0.4, 0.5) is 0 Å². The molecule has 18 heavy (non-hydrogen) atoms. The van der Waals surface area contributed by atoms with Gasteiger partial charge in [-0.2, -0.15) is 0 Å². The van der Waals surface area contributed by atoms with E-state index in [2.05, 4.69) is 5.32 Å². The summed E-state index contributed by atoms with van der Waals surface area (Å²) < 4.78 is 0. The van der Waals surface area contributed by atoms with Crippen molar-refractivity contribution in [2.45, 2.75) is 19.9 Å². The number of hydrogen-bond donors (Lipinski definition) is 1. The number of amides is 2. The number of piperazine rings is 1. The van der Waals surface area contributed by atoms with Gasteiger partial charge in [-0.1, -0.05) is 0 Å². The Labute approximate surface area is 110 Å². The van der Waals surface area contributed by atoms with Gasteiger partial charge in [-0.05, 0) is 32.1 Å². The first-order valence-electron chi connectivity index (χ1n) is 5.91. The maximum Gasteiger partial charge on any atom is 0.247 e. The van der Waals surface area contributed by atoms with Crippen LogP contribution in [0.2, 0.25) is 0 Å². The molecule has 96 valence electrons. The van der Waals surface area contributed by atoms with Crippen molar-refractivity contribution in [2.75, 3.05) is 13.1 Å². The molecule has 1 fully saturated rings. The van der Waals surface area contributed by atoms with E-state index < -0.39 is 0 Å².